The van der Waals surface area contributed by atoms with Crippen molar-refractivity contribution in [2.24, 2.45) is 0 Å². The van der Waals surface area contributed by atoms with Gasteiger partial charge in [0.25, 0.3) is 0 Å². The Kier molecular flexibility index (Phi) is 7.36. The molecular weight excluding hydrogens is 372 g/mol. The fourth-order valence-corrected chi connectivity index (χ4v) is 4.67. The number of nitrogens with zero attached hydrogens (tertiary/aromatic N) is 1. The quantitative estimate of drug-likeness (QED) is 0.694. The second-order valence-corrected chi connectivity index (χ2v) is 8.88. The van der Waals surface area contributed by atoms with Crippen molar-refractivity contribution in [1.82, 2.24) is 4.31 Å². The summed E-state index contributed by atoms with van der Waals surface area (Å²) in [6.45, 7) is 1.04. The lowest BCUT2D eigenvalue weighted by Crippen LogP contribution is -2.35. The first-order valence-electron chi connectivity index (χ1n) is 7.73. The van der Waals surface area contributed by atoms with E-state index in [1.807, 2.05) is 0 Å². The molecule has 1 aliphatic rings. The van der Waals surface area contributed by atoms with Crippen LogP contribution >= 0.6 is 23.4 Å². The zero-order chi connectivity index (χ0) is 17.6. The maximum atomic E-state index is 12.7. The van der Waals surface area contributed by atoms with Crippen molar-refractivity contribution in [3.05, 3.63) is 23.2 Å². The van der Waals surface area contributed by atoms with Crippen LogP contribution in [-0.4, -0.2) is 54.9 Å². The molecule has 24 heavy (non-hydrogen) atoms. The topological polar surface area (TPSA) is 86.7 Å². The van der Waals surface area contributed by atoms with E-state index in [9.17, 15) is 13.2 Å². The van der Waals surface area contributed by atoms with Crippen molar-refractivity contribution in [2.45, 2.75) is 24.2 Å². The minimum atomic E-state index is -3.57. The van der Waals surface area contributed by atoms with Gasteiger partial charge >= 0.3 is 0 Å². The molecule has 1 saturated heterocycles. The molecule has 0 atom stereocenters. The van der Waals surface area contributed by atoms with Crippen molar-refractivity contribution in [3.8, 4) is 0 Å². The van der Waals surface area contributed by atoms with E-state index in [-0.39, 0.29) is 33.9 Å². The smallest absolute Gasteiger partial charge is 0.243 e. The van der Waals surface area contributed by atoms with Gasteiger partial charge in [-0.1, -0.05) is 18.0 Å². The van der Waals surface area contributed by atoms with Crippen molar-refractivity contribution < 1.29 is 18.3 Å². The Morgan fingerprint density at radius 1 is 1.29 bits per heavy atom. The highest BCUT2D eigenvalue weighted by molar-refractivity contribution is 7.99. The van der Waals surface area contributed by atoms with Crippen LogP contribution in [0.5, 0.6) is 0 Å². The standard InChI is InChI=1S/C15H21ClN2O4S2/c16-13-5-4-12(24(21,22)18-6-2-1-3-7-18)10-14(13)17-15(20)11-23-9-8-19/h4-5,10,19H,1-3,6-9,11H2,(H,17,20). The van der Waals surface area contributed by atoms with Crippen molar-refractivity contribution >= 4 is 45.0 Å². The van der Waals surface area contributed by atoms with Gasteiger partial charge in [-0.2, -0.15) is 4.31 Å². The first kappa shape index (κ1) is 19.5. The Bertz CT molecular complexity index is 676. The lowest BCUT2D eigenvalue weighted by molar-refractivity contribution is -0.113. The lowest BCUT2D eigenvalue weighted by Gasteiger charge is -2.26. The van der Waals surface area contributed by atoms with E-state index in [4.69, 9.17) is 16.7 Å². The molecule has 134 valence electrons. The minimum absolute atomic E-state index is 0.00225. The number of amides is 1. The molecule has 0 unspecified atom stereocenters. The van der Waals surface area contributed by atoms with Gasteiger partial charge in [-0.05, 0) is 31.0 Å². The molecule has 1 fully saturated rings. The van der Waals surface area contributed by atoms with Gasteiger partial charge in [0.05, 0.1) is 28.0 Å². The summed E-state index contributed by atoms with van der Waals surface area (Å²) in [6.07, 6.45) is 2.76. The molecule has 1 aromatic rings. The summed E-state index contributed by atoms with van der Waals surface area (Å²) in [5, 5.41) is 11.6. The van der Waals surface area contributed by atoms with Crippen LogP contribution in [0, 0.1) is 0 Å². The summed E-state index contributed by atoms with van der Waals surface area (Å²) < 4.78 is 26.8. The Morgan fingerprint density at radius 3 is 2.67 bits per heavy atom. The average molecular weight is 393 g/mol. The molecule has 0 saturated carbocycles. The number of nitrogens with one attached hydrogen (secondary N) is 1. The molecule has 2 N–H and O–H groups in total. The number of benzene rings is 1. The third kappa shape index (κ3) is 5.10. The highest BCUT2D eigenvalue weighted by Crippen LogP contribution is 2.28. The Hall–Kier alpha value is -0.800. The van der Waals surface area contributed by atoms with E-state index < -0.39 is 10.0 Å². The summed E-state index contributed by atoms with van der Waals surface area (Å²) in [6, 6.07) is 4.35. The third-order valence-corrected chi connectivity index (χ3v) is 6.80. The van der Waals surface area contributed by atoms with Crippen LogP contribution in [0.25, 0.3) is 0 Å². The number of aliphatic hydroxyl groups is 1. The summed E-state index contributed by atoms with van der Waals surface area (Å²) in [7, 11) is -3.57. The van der Waals surface area contributed by atoms with E-state index >= 15 is 0 Å². The van der Waals surface area contributed by atoms with Gasteiger partial charge in [0.1, 0.15) is 0 Å². The number of halogens is 1. The van der Waals surface area contributed by atoms with E-state index in [0.717, 1.165) is 19.3 Å². The Balaban J connectivity index is 2.14. The first-order valence-corrected chi connectivity index (χ1v) is 10.7. The largest absolute Gasteiger partial charge is 0.396 e. The van der Waals surface area contributed by atoms with Crippen LogP contribution < -0.4 is 5.32 Å². The number of rotatable bonds is 7. The molecule has 0 radical (unpaired) electrons. The number of hydrogen-bond donors (Lipinski definition) is 2. The number of aliphatic hydroxyl groups excluding tert-OH is 1. The Labute approximate surface area is 151 Å². The van der Waals surface area contributed by atoms with Crippen LogP contribution in [0.3, 0.4) is 0 Å². The maximum absolute atomic E-state index is 12.7. The molecule has 9 heteroatoms. The molecule has 1 amide bonds. The summed E-state index contributed by atoms with van der Waals surface area (Å²) in [5.74, 6) is 0.340. The van der Waals surface area contributed by atoms with E-state index in [2.05, 4.69) is 5.32 Å². The molecule has 2 rings (SSSR count). The monoisotopic (exact) mass is 392 g/mol. The maximum Gasteiger partial charge on any atom is 0.243 e. The predicted molar refractivity (Wildman–Crippen MR) is 97.1 cm³/mol. The van der Waals surface area contributed by atoms with E-state index in [1.54, 1.807) is 0 Å². The number of sulfonamides is 1. The molecule has 1 heterocycles. The van der Waals surface area contributed by atoms with Gasteiger partial charge in [0, 0.05) is 18.8 Å². The van der Waals surface area contributed by atoms with Gasteiger partial charge in [0.2, 0.25) is 15.9 Å². The van der Waals surface area contributed by atoms with Crippen LogP contribution in [0.1, 0.15) is 19.3 Å². The van der Waals surface area contributed by atoms with Gasteiger partial charge < -0.3 is 10.4 Å². The molecule has 0 aliphatic carbocycles. The van der Waals surface area contributed by atoms with Crippen molar-refractivity contribution in [1.29, 1.82) is 0 Å². The van der Waals surface area contributed by atoms with Gasteiger partial charge in [-0.15, -0.1) is 11.8 Å². The molecule has 1 aromatic carbocycles. The Morgan fingerprint density at radius 2 is 2.00 bits per heavy atom. The average Bonchev–Trinajstić information content (AvgIpc) is 2.58. The zero-order valence-electron chi connectivity index (χ0n) is 13.2. The molecule has 0 aromatic heterocycles. The second kappa shape index (κ2) is 9.05. The molecule has 6 nitrogen and oxygen atoms in total. The fourth-order valence-electron chi connectivity index (χ4n) is 2.43. The number of piperidine rings is 1. The van der Waals surface area contributed by atoms with Crippen molar-refractivity contribution in [2.75, 3.05) is 36.5 Å². The van der Waals surface area contributed by atoms with Crippen LogP contribution in [-0.2, 0) is 14.8 Å². The minimum Gasteiger partial charge on any atom is -0.396 e. The number of hydrogen-bond acceptors (Lipinski definition) is 5. The zero-order valence-corrected chi connectivity index (χ0v) is 15.6. The summed E-state index contributed by atoms with van der Waals surface area (Å²) in [4.78, 5) is 12.0. The number of thioether (sulfide) groups is 1. The second-order valence-electron chi connectivity index (χ2n) is 5.43. The van der Waals surface area contributed by atoms with Gasteiger partial charge in [-0.25, -0.2) is 8.42 Å². The summed E-state index contributed by atoms with van der Waals surface area (Å²) in [5.41, 5.74) is 0.282. The number of anilines is 1. The fraction of sp³-hybridized carbons (Fsp3) is 0.533. The normalized spacial score (nSPS) is 16.1. The molecular formula is C15H21ClN2O4S2. The number of carbonyl (C=O) groups is 1. The summed E-state index contributed by atoms with van der Waals surface area (Å²) >= 11 is 7.35. The van der Waals surface area contributed by atoms with Gasteiger partial charge in [0.15, 0.2) is 0 Å². The van der Waals surface area contributed by atoms with Crippen LogP contribution in [0.2, 0.25) is 5.02 Å². The SMILES string of the molecule is O=C(CSCCO)Nc1cc(S(=O)(=O)N2CCCCC2)ccc1Cl. The van der Waals surface area contributed by atoms with Crippen LogP contribution in [0.15, 0.2) is 23.1 Å². The highest BCUT2D eigenvalue weighted by Gasteiger charge is 2.26. The molecule has 0 spiro atoms. The van der Waals surface area contributed by atoms with Gasteiger partial charge in [-0.3, -0.25) is 4.79 Å². The molecule has 0 bridgehead atoms. The highest BCUT2D eigenvalue weighted by atomic mass is 35.5. The van der Waals surface area contributed by atoms with E-state index in [1.165, 1.54) is 34.3 Å². The van der Waals surface area contributed by atoms with Crippen LogP contribution in [0.4, 0.5) is 5.69 Å². The number of carbonyl (C=O) groups excluding carboxylic acids is 1. The van der Waals surface area contributed by atoms with E-state index in [0.29, 0.717) is 18.8 Å². The predicted octanol–water partition coefficient (Wildman–Crippen LogP) is 2.18. The van der Waals surface area contributed by atoms with Crippen molar-refractivity contribution in [3.63, 3.8) is 0 Å². The first-order chi connectivity index (χ1) is 11.4. The third-order valence-electron chi connectivity index (χ3n) is 3.63. The molecule has 1 aliphatic heterocycles. The lowest BCUT2D eigenvalue weighted by atomic mass is 10.2.